The SMILES string of the molecule is Cc1cc(C(=O)N2C3CCNCC2CC3)nn1-c1ccccc1.Cl. The number of fused-ring (bicyclic) bond motifs is 2. The number of halogens is 1. The summed E-state index contributed by atoms with van der Waals surface area (Å²) in [6.07, 6.45) is 3.26. The normalized spacial score (nSPS) is 22.8. The van der Waals surface area contributed by atoms with E-state index in [4.69, 9.17) is 0 Å². The Bertz CT molecular complexity index is 701. The molecule has 0 aliphatic carbocycles. The van der Waals surface area contributed by atoms with Crippen molar-refractivity contribution in [3.63, 3.8) is 0 Å². The number of hydrogen-bond donors (Lipinski definition) is 1. The van der Waals surface area contributed by atoms with E-state index in [2.05, 4.69) is 15.3 Å². The van der Waals surface area contributed by atoms with E-state index in [9.17, 15) is 4.79 Å². The Morgan fingerprint density at radius 1 is 1.17 bits per heavy atom. The summed E-state index contributed by atoms with van der Waals surface area (Å²) >= 11 is 0. The highest BCUT2D eigenvalue weighted by molar-refractivity contribution is 5.93. The van der Waals surface area contributed by atoms with Crippen molar-refractivity contribution in [2.24, 2.45) is 0 Å². The highest BCUT2D eigenvalue weighted by Gasteiger charge is 2.39. The zero-order chi connectivity index (χ0) is 15.8. The Morgan fingerprint density at radius 3 is 2.71 bits per heavy atom. The molecule has 1 aromatic carbocycles. The van der Waals surface area contributed by atoms with Crippen molar-refractivity contribution in [3.05, 3.63) is 47.8 Å². The molecule has 2 aliphatic rings. The van der Waals surface area contributed by atoms with Crippen LogP contribution in [0.3, 0.4) is 0 Å². The summed E-state index contributed by atoms with van der Waals surface area (Å²) in [4.78, 5) is 15.1. The van der Waals surface area contributed by atoms with E-state index >= 15 is 0 Å². The highest BCUT2D eigenvalue weighted by atomic mass is 35.5. The molecule has 1 amide bonds. The first kappa shape index (κ1) is 17.0. The highest BCUT2D eigenvalue weighted by Crippen LogP contribution is 2.29. The Morgan fingerprint density at radius 2 is 1.92 bits per heavy atom. The van der Waals surface area contributed by atoms with Crippen molar-refractivity contribution < 1.29 is 4.79 Å². The molecule has 1 N–H and O–H groups in total. The Kier molecular flexibility index (Phi) is 4.92. The minimum Gasteiger partial charge on any atom is -0.330 e. The molecule has 0 saturated carbocycles. The minimum atomic E-state index is 0. The lowest BCUT2D eigenvalue weighted by Crippen LogP contribution is -2.42. The Labute approximate surface area is 148 Å². The number of amides is 1. The summed E-state index contributed by atoms with van der Waals surface area (Å²) < 4.78 is 1.85. The van der Waals surface area contributed by atoms with Gasteiger partial charge in [0.25, 0.3) is 5.91 Å². The van der Waals surface area contributed by atoms with Crippen LogP contribution < -0.4 is 5.32 Å². The fourth-order valence-electron chi connectivity index (χ4n) is 3.86. The van der Waals surface area contributed by atoms with Gasteiger partial charge in [-0.2, -0.15) is 5.10 Å². The number of rotatable bonds is 2. The number of carbonyl (C=O) groups is 1. The topological polar surface area (TPSA) is 50.2 Å². The van der Waals surface area contributed by atoms with Crippen molar-refractivity contribution in [2.75, 3.05) is 13.1 Å². The van der Waals surface area contributed by atoms with E-state index in [1.54, 1.807) is 0 Å². The van der Waals surface area contributed by atoms with Crippen molar-refractivity contribution in [2.45, 2.75) is 38.3 Å². The second kappa shape index (κ2) is 6.95. The van der Waals surface area contributed by atoms with Gasteiger partial charge in [0, 0.05) is 24.3 Å². The first-order valence-corrected chi connectivity index (χ1v) is 8.39. The van der Waals surface area contributed by atoms with Crippen molar-refractivity contribution in [1.29, 1.82) is 0 Å². The zero-order valence-electron chi connectivity index (χ0n) is 13.8. The van der Waals surface area contributed by atoms with E-state index in [0.29, 0.717) is 17.8 Å². The fraction of sp³-hybridized carbons (Fsp3) is 0.444. The molecule has 2 saturated heterocycles. The van der Waals surface area contributed by atoms with Gasteiger partial charge in [-0.1, -0.05) is 18.2 Å². The van der Waals surface area contributed by atoms with E-state index in [-0.39, 0.29) is 18.3 Å². The summed E-state index contributed by atoms with van der Waals surface area (Å²) in [5.41, 5.74) is 2.54. The smallest absolute Gasteiger partial charge is 0.274 e. The molecule has 3 heterocycles. The molecular formula is C18H23ClN4O. The van der Waals surface area contributed by atoms with Gasteiger partial charge in [0.1, 0.15) is 0 Å². The van der Waals surface area contributed by atoms with Gasteiger partial charge in [-0.25, -0.2) is 4.68 Å². The molecule has 2 fully saturated rings. The monoisotopic (exact) mass is 346 g/mol. The third-order valence-corrected chi connectivity index (χ3v) is 5.00. The van der Waals surface area contributed by atoms with E-state index in [1.807, 2.05) is 48.0 Å². The minimum absolute atomic E-state index is 0. The van der Waals surface area contributed by atoms with E-state index < -0.39 is 0 Å². The number of nitrogens with zero attached hydrogens (tertiary/aromatic N) is 3. The van der Waals surface area contributed by atoms with Crippen molar-refractivity contribution in [3.8, 4) is 5.69 Å². The molecular weight excluding hydrogens is 324 g/mol. The summed E-state index contributed by atoms with van der Waals surface area (Å²) in [5.74, 6) is 0.0824. The lowest BCUT2D eigenvalue weighted by Gasteiger charge is -2.27. The first-order chi connectivity index (χ1) is 11.2. The molecule has 0 spiro atoms. The van der Waals surface area contributed by atoms with Crippen LogP contribution >= 0.6 is 12.4 Å². The lowest BCUT2D eigenvalue weighted by molar-refractivity contribution is 0.0673. The van der Waals surface area contributed by atoms with Gasteiger partial charge < -0.3 is 10.2 Å². The lowest BCUT2D eigenvalue weighted by atomic mass is 10.1. The van der Waals surface area contributed by atoms with Gasteiger partial charge in [0.15, 0.2) is 5.69 Å². The van der Waals surface area contributed by atoms with E-state index in [1.165, 1.54) is 0 Å². The fourth-order valence-corrected chi connectivity index (χ4v) is 3.86. The molecule has 1 aromatic heterocycles. The number of benzene rings is 1. The van der Waals surface area contributed by atoms with Crippen LogP contribution in [0, 0.1) is 6.92 Å². The maximum Gasteiger partial charge on any atom is 0.274 e. The molecule has 2 aromatic rings. The standard InChI is InChI=1S/C18H22N4O.ClH/c1-13-11-17(20-22(13)15-5-3-2-4-6-15)18(23)21-14-7-8-16(21)12-19-10-9-14;/h2-6,11,14,16,19H,7-10,12H2,1H3;1H. The molecule has 5 nitrogen and oxygen atoms in total. The predicted molar refractivity (Wildman–Crippen MR) is 96.0 cm³/mol. The van der Waals surface area contributed by atoms with Gasteiger partial charge in [-0.3, -0.25) is 4.79 Å². The van der Waals surface area contributed by atoms with Gasteiger partial charge in [-0.15, -0.1) is 12.4 Å². The number of nitrogens with one attached hydrogen (secondary N) is 1. The summed E-state index contributed by atoms with van der Waals surface area (Å²) in [6, 6.07) is 12.6. The first-order valence-electron chi connectivity index (χ1n) is 8.39. The number of para-hydroxylation sites is 1. The Balaban J connectivity index is 0.00000169. The molecule has 24 heavy (non-hydrogen) atoms. The van der Waals surface area contributed by atoms with Crippen molar-refractivity contribution >= 4 is 18.3 Å². The number of hydrogen-bond acceptors (Lipinski definition) is 3. The van der Waals surface area contributed by atoms with Crippen LogP contribution in [0.25, 0.3) is 5.69 Å². The van der Waals surface area contributed by atoms with Crippen LogP contribution in [0.4, 0.5) is 0 Å². The summed E-state index contributed by atoms with van der Waals surface area (Å²) in [6.45, 7) is 3.90. The van der Waals surface area contributed by atoms with E-state index in [0.717, 1.165) is 43.7 Å². The van der Waals surface area contributed by atoms with Crippen molar-refractivity contribution in [1.82, 2.24) is 20.0 Å². The zero-order valence-corrected chi connectivity index (χ0v) is 14.6. The maximum atomic E-state index is 13.0. The van der Waals surface area contributed by atoms with Crippen LogP contribution in [0.5, 0.6) is 0 Å². The molecule has 2 unspecified atom stereocenters. The average molecular weight is 347 g/mol. The van der Waals surface area contributed by atoms with Crippen LogP contribution in [-0.2, 0) is 0 Å². The summed E-state index contributed by atoms with van der Waals surface area (Å²) in [5, 5.41) is 8.03. The molecule has 4 rings (SSSR count). The van der Waals surface area contributed by atoms with Crippen LogP contribution in [0.2, 0.25) is 0 Å². The number of aryl methyl sites for hydroxylation is 1. The predicted octanol–water partition coefficient (Wildman–Crippen LogP) is 2.57. The van der Waals surface area contributed by atoms with Gasteiger partial charge >= 0.3 is 0 Å². The molecule has 6 heteroatoms. The maximum absolute atomic E-state index is 13.0. The number of aromatic nitrogens is 2. The van der Waals surface area contributed by atoms with Crippen LogP contribution in [0.1, 0.15) is 35.4 Å². The number of carbonyl (C=O) groups excluding carboxylic acids is 1. The molecule has 2 aliphatic heterocycles. The molecule has 2 atom stereocenters. The average Bonchev–Trinajstić information content (AvgIpc) is 3.06. The summed E-state index contributed by atoms with van der Waals surface area (Å²) in [7, 11) is 0. The third kappa shape index (κ3) is 2.94. The molecule has 128 valence electrons. The largest absolute Gasteiger partial charge is 0.330 e. The second-order valence-electron chi connectivity index (χ2n) is 6.51. The second-order valence-corrected chi connectivity index (χ2v) is 6.51. The molecule has 0 radical (unpaired) electrons. The van der Waals surface area contributed by atoms with Crippen LogP contribution in [0.15, 0.2) is 36.4 Å². The molecule has 2 bridgehead atoms. The quantitative estimate of drug-likeness (QED) is 0.909. The van der Waals surface area contributed by atoms with Crippen LogP contribution in [-0.4, -0.2) is 45.8 Å². The Hall–Kier alpha value is -1.85. The van der Waals surface area contributed by atoms with Gasteiger partial charge in [0.05, 0.1) is 5.69 Å². The van der Waals surface area contributed by atoms with Gasteiger partial charge in [-0.05, 0) is 50.9 Å². The van der Waals surface area contributed by atoms with Gasteiger partial charge in [0.2, 0.25) is 0 Å². The third-order valence-electron chi connectivity index (χ3n) is 5.00.